The zero-order valence-electron chi connectivity index (χ0n) is 18.2. The van der Waals surface area contributed by atoms with Crippen molar-refractivity contribution in [3.63, 3.8) is 0 Å². The molecule has 0 radical (unpaired) electrons. The Hall–Kier alpha value is -3.65. The molecule has 0 bridgehead atoms. The highest BCUT2D eigenvalue weighted by molar-refractivity contribution is 7.89. The second kappa shape index (κ2) is 8.37. The summed E-state index contributed by atoms with van der Waals surface area (Å²) in [6, 6.07) is 19.9. The summed E-state index contributed by atoms with van der Waals surface area (Å²) in [5, 5.41) is 4.25. The number of anilines is 2. The Labute approximate surface area is 192 Å². The molecule has 0 spiro atoms. The Morgan fingerprint density at radius 1 is 1.09 bits per heavy atom. The molecule has 1 amide bonds. The van der Waals surface area contributed by atoms with Gasteiger partial charge in [0.15, 0.2) is 0 Å². The molecule has 5 rings (SSSR count). The maximum absolute atomic E-state index is 12.8. The van der Waals surface area contributed by atoms with Gasteiger partial charge in [-0.25, -0.2) is 18.1 Å². The molecule has 0 saturated heterocycles. The molecule has 1 aliphatic carbocycles. The number of fused-ring (bicyclic) bond motifs is 1. The van der Waals surface area contributed by atoms with E-state index >= 15 is 0 Å². The average Bonchev–Trinajstić information content (AvgIpc) is 3.55. The van der Waals surface area contributed by atoms with Crippen LogP contribution in [0.2, 0.25) is 0 Å². The summed E-state index contributed by atoms with van der Waals surface area (Å²) in [5.41, 5.74) is 4.20. The number of sulfonamides is 1. The quantitative estimate of drug-likeness (QED) is 0.427. The van der Waals surface area contributed by atoms with Gasteiger partial charge in [-0.1, -0.05) is 36.4 Å². The van der Waals surface area contributed by atoms with Crippen molar-refractivity contribution in [2.24, 2.45) is 0 Å². The fourth-order valence-electron chi connectivity index (χ4n) is 3.99. The lowest BCUT2D eigenvalue weighted by Gasteiger charge is -2.14. The van der Waals surface area contributed by atoms with Crippen LogP contribution in [0.3, 0.4) is 0 Å². The molecule has 33 heavy (non-hydrogen) atoms. The molecule has 4 aromatic rings. The Kier molecular flexibility index (Phi) is 5.38. The highest BCUT2D eigenvalue weighted by Crippen LogP contribution is 2.41. The minimum Gasteiger partial charge on any atom is -0.343 e. The first kappa shape index (κ1) is 21.2. The van der Waals surface area contributed by atoms with Crippen LogP contribution >= 0.6 is 0 Å². The summed E-state index contributed by atoms with van der Waals surface area (Å²) in [6.07, 6.45) is 6.86. The number of hydrogen-bond donors (Lipinski definition) is 2. The van der Waals surface area contributed by atoms with Crippen LogP contribution in [0.15, 0.2) is 73.1 Å². The largest absolute Gasteiger partial charge is 0.343 e. The Balaban J connectivity index is 1.50. The number of nitrogens with one attached hydrogen (secondary N) is 2. The number of nitrogens with zero attached hydrogens (tertiary/aromatic N) is 2. The second-order valence-corrected chi connectivity index (χ2v) is 10.2. The van der Waals surface area contributed by atoms with Crippen molar-refractivity contribution in [1.82, 2.24) is 14.3 Å². The Morgan fingerprint density at radius 3 is 2.61 bits per heavy atom. The lowest BCUT2D eigenvalue weighted by atomic mass is 10.1. The fourth-order valence-corrected chi connectivity index (χ4v) is 4.44. The number of hydrogen-bond acceptors (Lipinski definition) is 5. The van der Waals surface area contributed by atoms with Crippen LogP contribution in [-0.4, -0.2) is 30.1 Å². The third-order valence-corrected chi connectivity index (χ3v) is 6.30. The topological polar surface area (TPSA) is 93.1 Å². The molecule has 2 aromatic heterocycles. The molecule has 0 atom stereocenters. The van der Waals surface area contributed by atoms with Crippen LogP contribution in [0.1, 0.15) is 40.2 Å². The maximum Gasteiger partial charge on any atom is 0.268 e. The number of amides is 1. The first-order valence-corrected chi connectivity index (χ1v) is 12.7. The summed E-state index contributed by atoms with van der Waals surface area (Å²) < 4.78 is 27.6. The van der Waals surface area contributed by atoms with Gasteiger partial charge in [-0.15, -0.1) is 0 Å². The Morgan fingerprint density at radius 2 is 1.88 bits per heavy atom. The van der Waals surface area contributed by atoms with Crippen molar-refractivity contribution < 1.29 is 13.2 Å². The molecule has 1 saturated carbocycles. The second-order valence-electron chi connectivity index (χ2n) is 8.44. The average molecular weight is 461 g/mol. The molecule has 1 aliphatic rings. The van der Waals surface area contributed by atoms with Gasteiger partial charge in [-0.05, 0) is 54.2 Å². The highest BCUT2D eigenvalue weighted by atomic mass is 32.2. The van der Waals surface area contributed by atoms with E-state index in [1.54, 1.807) is 12.3 Å². The molecule has 2 N–H and O–H groups in total. The van der Waals surface area contributed by atoms with E-state index in [1.165, 1.54) is 5.56 Å². The van der Waals surface area contributed by atoms with E-state index in [-0.39, 0.29) is 5.56 Å². The van der Waals surface area contributed by atoms with E-state index in [0.717, 1.165) is 47.8 Å². The number of aromatic nitrogens is 2. The smallest absolute Gasteiger partial charge is 0.268 e. The van der Waals surface area contributed by atoms with Crippen LogP contribution in [0.4, 0.5) is 11.5 Å². The summed E-state index contributed by atoms with van der Waals surface area (Å²) in [5.74, 6) is 0.0134. The molecule has 2 heterocycles. The number of pyridine rings is 1. The number of carbonyl (C=O) groups excluding carboxylic acids is 1. The monoisotopic (exact) mass is 460 g/mol. The SMILES string of the molecule is CS(=O)(=O)NC(=O)c1cc(C2CC2)cnc1Nc1cccc2c1ccn2Cc1ccccc1. The lowest BCUT2D eigenvalue weighted by molar-refractivity contribution is 0.0982. The van der Waals surface area contributed by atoms with Crippen molar-refractivity contribution in [1.29, 1.82) is 0 Å². The van der Waals surface area contributed by atoms with Crippen LogP contribution in [-0.2, 0) is 16.6 Å². The summed E-state index contributed by atoms with van der Waals surface area (Å²) in [4.78, 5) is 17.3. The van der Waals surface area contributed by atoms with Gasteiger partial charge in [-0.2, -0.15) is 0 Å². The van der Waals surface area contributed by atoms with Crippen molar-refractivity contribution >= 4 is 38.3 Å². The van der Waals surface area contributed by atoms with Crippen LogP contribution in [0, 0.1) is 0 Å². The summed E-state index contributed by atoms with van der Waals surface area (Å²) in [7, 11) is -3.70. The molecule has 2 aromatic carbocycles. The van der Waals surface area contributed by atoms with Gasteiger partial charge in [0, 0.05) is 30.0 Å². The highest BCUT2D eigenvalue weighted by Gasteiger charge is 2.26. The van der Waals surface area contributed by atoms with E-state index in [0.29, 0.717) is 11.7 Å². The molecular formula is C25H24N4O3S. The van der Waals surface area contributed by atoms with E-state index < -0.39 is 15.9 Å². The fraction of sp³-hybridized carbons (Fsp3) is 0.200. The van der Waals surface area contributed by atoms with Gasteiger partial charge in [0.25, 0.3) is 5.91 Å². The standard InChI is InChI=1S/C25H24N4O3S/c1-33(31,32)28-25(30)21-14-19(18-10-11-18)15-26-24(21)27-22-8-5-9-23-20(22)12-13-29(23)16-17-6-3-2-4-7-17/h2-9,12-15,18H,10-11,16H2,1H3,(H,26,27)(H,28,30). The lowest BCUT2D eigenvalue weighted by Crippen LogP contribution is -2.30. The number of carbonyl (C=O) groups is 1. The first-order chi connectivity index (χ1) is 15.9. The predicted molar refractivity (Wildman–Crippen MR) is 129 cm³/mol. The third kappa shape index (κ3) is 4.75. The van der Waals surface area contributed by atoms with E-state index in [2.05, 4.69) is 31.7 Å². The molecular weight excluding hydrogens is 436 g/mol. The number of benzene rings is 2. The van der Waals surface area contributed by atoms with E-state index in [9.17, 15) is 13.2 Å². The maximum atomic E-state index is 12.8. The minimum atomic E-state index is -3.70. The molecule has 7 nitrogen and oxygen atoms in total. The van der Waals surface area contributed by atoms with E-state index in [4.69, 9.17) is 0 Å². The minimum absolute atomic E-state index is 0.213. The molecule has 8 heteroatoms. The zero-order chi connectivity index (χ0) is 23.0. The van der Waals surface area contributed by atoms with Gasteiger partial charge in [-0.3, -0.25) is 4.79 Å². The van der Waals surface area contributed by atoms with Crippen molar-refractivity contribution in [2.75, 3.05) is 11.6 Å². The van der Waals surface area contributed by atoms with Gasteiger partial charge >= 0.3 is 0 Å². The van der Waals surface area contributed by atoms with Gasteiger partial charge in [0.05, 0.1) is 17.3 Å². The predicted octanol–water partition coefficient (Wildman–Crippen LogP) is 4.40. The Bertz CT molecular complexity index is 1440. The van der Waals surface area contributed by atoms with Gasteiger partial charge in [0.1, 0.15) is 5.82 Å². The van der Waals surface area contributed by atoms with Gasteiger partial charge in [0.2, 0.25) is 10.0 Å². The summed E-state index contributed by atoms with van der Waals surface area (Å²) in [6.45, 7) is 0.740. The normalized spacial score (nSPS) is 13.7. The number of rotatable bonds is 7. The molecule has 0 aliphatic heterocycles. The van der Waals surface area contributed by atoms with E-state index in [1.807, 2.05) is 48.7 Å². The summed E-state index contributed by atoms with van der Waals surface area (Å²) >= 11 is 0. The van der Waals surface area contributed by atoms with Crippen molar-refractivity contribution in [3.05, 3.63) is 89.7 Å². The van der Waals surface area contributed by atoms with Crippen LogP contribution in [0.25, 0.3) is 10.9 Å². The zero-order valence-corrected chi connectivity index (χ0v) is 19.0. The molecule has 0 unspecified atom stereocenters. The van der Waals surface area contributed by atoms with Crippen LogP contribution < -0.4 is 10.0 Å². The van der Waals surface area contributed by atoms with Gasteiger partial charge < -0.3 is 9.88 Å². The molecule has 168 valence electrons. The molecule has 1 fully saturated rings. The third-order valence-electron chi connectivity index (χ3n) is 5.74. The van der Waals surface area contributed by atoms with Crippen molar-refractivity contribution in [2.45, 2.75) is 25.3 Å². The van der Waals surface area contributed by atoms with Crippen LogP contribution in [0.5, 0.6) is 0 Å². The van der Waals surface area contributed by atoms with Crippen molar-refractivity contribution in [3.8, 4) is 0 Å². The first-order valence-electron chi connectivity index (χ1n) is 10.8.